The number of aromatic nitrogens is 1. The normalized spacial score (nSPS) is 14.1. The van der Waals surface area contributed by atoms with Gasteiger partial charge in [-0.3, -0.25) is 4.98 Å². The monoisotopic (exact) mass is 147 g/mol. The van der Waals surface area contributed by atoms with Crippen molar-refractivity contribution in [1.82, 2.24) is 4.98 Å². The number of hydrogen-bond acceptors (Lipinski definition) is 2. The SMILES string of the molecule is COC1=CCc2ncccc21. The van der Waals surface area contributed by atoms with Gasteiger partial charge in [-0.05, 0) is 18.2 Å². The van der Waals surface area contributed by atoms with Gasteiger partial charge in [0.05, 0.1) is 12.8 Å². The smallest absolute Gasteiger partial charge is 0.124 e. The van der Waals surface area contributed by atoms with Crippen molar-refractivity contribution < 1.29 is 4.74 Å². The predicted molar refractivity (Wildman–Crippen MR) is 42.9 cm³/mol. The number of allylic oxidation sites excluding steroid dienone is 1. The molecule has 0 N–H and O–H groups in total. The summed E-state index contributed by atoms with van der Waals surface area (Å²) in [6.07, 6.45) is 4.77. The summed E-state index contributed by atoms with van der Waals surface area (Å²) >= 11 is 0. The van der Waals surface area contributed by atoms with Crippen LogP contribution in [0.15, 0.2) is 24.4 Å². The fourth-order valence-electron chi connectivity index (χ4n) is 1.32. The maximum absolute atomic E-state index is 5.16. The first-order valence-electron chi connectivity index (χ1n) is 3.60. The summed E-state index contributed by atoms with van der Waals surface area (Å²) in [7, 11) is 1.69. The first-order valence-corrected chi connectivity index (χ1v) is 3.60. The Balaban J connectivity index is 2.48. The van der Waals surface area contributed by atoms with Gasteiger partial charge in [-0.25, -0.2) is 0 Å². The van der Waals surface area contributed by atoms with Gasteiger partial charge in [0.15, 0.2) is 0 Å². The second kappa shape index (κ2) is 2.38. The van der Waals surface area contributed by atoms with E-state index in [4.69, 9.17) is 4.74 Å². The van der Waals surface area contributed by atoms with E-state index in [-0.39, 0.29) is 0 Å². The Morgan fingerprint density at radius 3 is 3.27 bits per heavy atom. The predicted octanol–water partition coefficient (Wildman–Crippen LogP) is 1.62. The number of fused-ring (bicyclic) bond motifs is 1. The zero-order valence-corrected chi connectivity index (χ0v) is 6.37. The van der Waals surface area contributed by atoms with Crippen LogP contribution in [0.1, 0.15) is 11.3 Å². The van der Waals surface area contributed by atoms with E-state index in [1.807, 2.05) is 18.3 Å². The van der Waals surface area contributed by atoms with E-state index in [2.05, 4.69) is 11.1 Å². The molecule has 0 saturated carbocycles. The lowest BCUT2D eigenvalue weighted by molar-refractivity contribution is 0.371. The van der Waals surface area contributed by atoms with Crippen LogP contribution in [0.3, 0.4) is 0 Å². The molecule has 2 nitrogen and oxygen atoms in total. The summed E-state index contributed by atoms with van der Waals surface area (Å²) in [6, 6.07) is 3.96. The highest BCUT2D eigenvalue weighted by Gasteiger charge is 2.13. The Kier molecular flexibility index (Phi) is 1.39. The molecular formula is C9H9NO. The third kappa shape index (κ3) is 0.909. The summed E-state index contributed by atoms with van der Waals surface area (Å²) in [5.74, 6) is 0.952. The number of rotatable bonds is 1. The van der Waals surface area contributed by atoms with Gasteiger partial charge in [0.1, 0.15) is 5.76 Å². The van der Waals surface area contributed by atoms with Gasteiger partial charge in [0, 0.05) is 18.2 Å². The molecule has 0 aliphatic heterocycles. The van der Waals surface area contributed by atoms with Gasteiger partial charge in [-0.2, -0.15) is 0 Å². The average Bonchev–Trinajstić information content (AvgIpc) is 2.47. The molecule has 1 aliphatic rings. The first-order chi connectivity index (χ1) is 5.42. The number of ether oxygens (including phenoxy) is 1. The van der Waals surface area contributed by atoms with Crippen molar-refractivity contribution in [2.24, 2.45) is 0 Å². The number of nitrogens with zero attached hydrogens (tertiary/aromatic N) is 1. The summed E-state index contributed by atoms with van der Waals surface area (Å²) < 4.78 is 5.16. The average molecular weight is 147 g/mol. The van der Waals surface area contributed by atoms with E-state index < -0.39 is 0 Å². The minimum atomic E-state index is 0.902. The second-order valence-corrected chi connectivity index (χ2v) is 2.47. The topological polar surface area (TPSA) is 22.1 Å². The molecule has 0 atom stereocenters. The van der Waals surface area contributed by atoms with Crippen LogP contribution < -0.4 is 0 Å². The Morgan fingerprint density at radius 2 is 2.45 bits per heavy atom. The van der Waals surface area contributed by atoms with Crippen LogP contribution in [0.4, 0.5) is 0 Å². The number of pyridine rings is 1. The molecule has 2 heteroatoms. The standard InChI is InChI=1S/C9H9NO/c1-11-9-5-4-8-7(9)3-2-6-10-8/h2-3,5-6H,4H2,1H3. The molecule has 0 unspecified atom stereocenters. The Labute approximate surface area is 65.5 Å². The molecule has 0 bridgehead atoms. The fourth-order valence-corrected chi connectivity index (χ4v) is 1.32. The van der Waals surface area contributed by atoms with Crippen LogP contribution in [0.25, 0.3) is 5.76 Å². The van der Waals surface area contributed by atoms with Crippen LogP contribution in [0.5, 0.6) is 0 Å². The molecule has 0 spiro atoms. The molecule has 0 amide bonds. The molecule has 1 heterocycles. The van der Waals surface area contributed by atoms with Gasteiger partial charge >= 0.3 is 0 Å². The molecule has 1 aliphatic carbocycles. The number of methoxy groups -OCH3 is 1. The Hall–Kier alpha value is -1.31. The zero-order chi connectivity index (χ0) is 7.68. The molecule has 56 valence electrons. The van der Waals surface area contributed by atoms with Gasteiger partial charge in [0.2, 0.25) is 0 Å². The summed E-state index contributed by atoms with van der Waals surface area (Å²) in [5, 5.41) is 0. The second-order valence-electron chi connectivity index (χ2n) is 2.47. The zero-order valence-electron chi connectivity index (χ0n) is 6.37. The van der Waals surface area contributed by atoms with E-state index in [1.54, 1.807) is 7.11 Å². The highest BCUT2D eigenvalue weighted by atomic mass is 16.5. The molecule has 0 saturated heterocycles. The van der Waals surface area contributed by atoms with Crippen molar-refractivity contribution in [3.8, 4) is 0 Å². The van der Waals surface area contributed by atoms with Crippen molar-refractivity contribution in [2.75, 3.05) is 7.11 Å². The molecule has 11 heavy (non-hydrogen) atoms. The van der Waals surface area contributed by atoms with Crippen LogP contribution in [0, 0.1) is 0 Å². The number of hydrogen-bond donors (Lipinski definition) is 0. The van der Waals surface area contributed by atoms with Crippen molar-refractivity contribution in [2.45, 2.75) is 6.42 Å². The highest BCUT2D eigenvalue weighted by molar-refractivity contribution is 5.66. The summed E-state index contributed by atoms with van der Waals surface area (Å²) in [4.78, 5) is 4.23. The van der Waals surface area contributed by atoms with Gasteiger partial charge in [-0.15, -0.1) is 0 Å². The lowest BCUT2D eigenvalue weighted by Gasteiger charge is -2.01. The lowest BCUT2D eigenvalue weighted by atomic mass is 10.2. The van der Waals surface area contributed by atoms with Crippen molar-refractivity contribution in [1.29, 1.82) is 0 Å². The minimum Gasteiger partial charge on any atom is -0.496 e. The van der Waals surface area contributed by atoms with E-state index in [9.17, 15) is 0 Å². The van der Waals surface area contributed by atoms with E-state index >= 15 is 0 Å². The molecular weight excluding hydrogens is 138 g/mol. The van der Waals surface area contributed by atoms with Crippen LogP contribution >= 0.6 is 0 Å². The van der Waals surface area contributed by atoms with Crippen molar-refractivity contribution >= 4 is 5.76 Å². The highest BCUT2D eigenvalue weighted by Crippen LogP contribution is 2.24. The molecule has 1 aromatic heterocycles. The molecule has 0 radical (unpaired) electrons. The van der Waals surface area contributed by atoms with E-state index in [0.29, 0.717) is 0 Å². The van der Waals surface area contributed by atoms with Gasteiger partial charge < -0.3 is 4.74 Å². The Bertz CT molecular complexity index is 304. The van der Waals surface area contributed by atoms with Gasteiger partial charge in [0.25, 0.3) is 0 Å². The maximum Gasteiger partial charge on any atom is 0.124 e. The Morgan fingerprint density at radius 1 is 1.55 bits per heavy atom. The fraction of sp³-hybridized carbons (Fsp3) is 0.222. The van der Waals surface area contributed by atoms with Crippen molar-refractivity contribution in [3.05, 3.63) is 35.7 Å². The third-order valence-electron chi connectivity index (χ3n) is 1.86. The van der Waals surface area contributed by atoms with E-state index in [1.165, 1.54) is 0 Å². The summed E-state index contributed by atoms with van der Waals surface area (Å²) in [6.45, 7) is 0. The summed E-state index contributed by atoms with van der Waals surface area (Å²) in [5.41, 5.74) is 2.25. The third-order valence-corrected chi connectivity index (χ3v) is 1.86. The van der Waals surface area contributed by atoms with Crippen molar-refractivity contribution in [3.63, 3.8) is 0 Å². The van der Waals surface area contributed by atoms with Crippen LogP contribution in [-0.2, 0) is 11.2 Å². The minimum absolute atomic E-state index is 0.902. The largest absolute Gasteiger partial charge is 0.496 e. The molecule has 2 rings (SSSR count). The first kappa shape index (κ1) is 6.40. The molecule has 1 aromatic rings. The molecule has 0 fully saturated rings. The van der Waals surface area contributed by atoms with Gasteiger partial charge in [-0.1, -0.05) is 0 Å². The maximum atomic E-state index is 5.16. The van der Waals surface area contributed by atoms with Crippen LogP contribution in [0.2, 0.25) is 0 Å². The quantitative estimate of drug-likeness (QED) is 0.602. The van der Waals surface area contributed by atoms with E-state index in [0.717, 1.165) is 23.4 Å². The lowest BCUT2D eigenvalue weighted by Crippen LogP contribution is -1.88. The van der Waals surface area contributed by atoms with Crippen LogP contribution in [-0.4, -0.2) is 12.1 Å². The molecule has 0 aromatic carbocycles.